The van der Waals surface area contributed by atoms with Gasteiger partial charge in [-0.3, -0.25) is 4.79 Å². The first-order valence-electron chi connectivity index (χ1n) is 10.1. The lowest BCUT2D eigenvalue weighted by Gasteiger charge is -2.18. The fourth-order valence-corrected chi connectivity index (χ4v) is 3.86. The minimum Gasteiger partial charge on any atom is -0.484 e. The van der Waals surface area contributed by atoms with Crippen molar-refractivity contribution in [2.75, 3.05) is 32.9 Å². The number of hydrogen-bond donors (Lipinski definition) is 0. The van der Waals surface area contributed by atoms with E-state index in [4.69, 9.17) is 14.0 Å². The van der Waals surface area contributed by atoms with Gasteiger partial charge in [0.25, 0.3) is 5.91 Å². The molecular formula is C21H27N3O4. The third-order valence-corrected chi connectivity index (χ3v) is 5.57. The third kappa shape index (κ3) is 4.90. The first-order chi connectivity index (χ1) is 13.8. The van der Waals surface area contributed by atoms with Crippen LogP contribution in [0.25, 0.3) is 0 Å². The fourth-order valence-electron chi connectivity index (χ4n) is 3.86. The number of para-hydroxylation sites is 1. The molecular weight excluding hydrogens is 358 g/mol. The van der Waals surface area contributed by atoms with Crippen molar-refractivity contribution >= 4 is 5.91 Å². The second kappa shape index (κ2) is 9.19. The molecule has 0 N–H and O–H groups in total. The normalized spacial score (nSPS) is 20.4. The van der Waals surface area contributed by atoms with Gasteiger partial charge >= 0.3 is 0 Å². The number of rotatable bonds is 7. The number of carbonyl (C=O) groups excluding carboxylic acids is 1. The maximum absolute atomic E-state index is 12.4. The molecule has 1 unspecified atom stereocenters. The Morgan fingerprint density at radius 3 is 2.82 bits per heavy atom. The van der Waals surface area contributed by atoms with Gasteiger partial charge in [0.2, 0.25) is 5.89 Å². The van der Waals surface area contributed by atoms with Crippen molar-refractivity contribution in [2.24, 2.45) is 5.92 Å². The van der Waals surface area contributed by atoms with Crippen LogP contribution in [0.5, 0.6) is 5.75 Å². The lowest BCUT2D eigenvalue weighted by atomic mass is 10.0. The van der Waals surface area contributed by atoms with E-state index >= 15 is 0 Å². The van der Waals surface area contributed by atoms with Crippen LogP contribution >= 0.6 is 0 Å². The molecule has 28 heavy (non-hydrogen) atoms. The SMILES string of the molecule is O=C(COc1ccccc1)N1CCC(CCc2noc(C3CCOCC3)n2)C1. The lowest BCUT2D eigenvalue weighted by Crippen LogP contribution is -2.33. The van der Waals surface area contributed by atoms with E-state index in [0.29, 0.717) is 11.8 Å². The minimum atomic E-state index is 0.0488. The summed E-state index contributed by atoms with van der Waals surface area (Å²) >= 11 is 0. The molecule has 2 aliphatic rings. The monoisotopic (exact) mass is 385 g/mol. The molecule has 7 nitrogen and oxygen atoms in total. The standard InChI is InChI=1S/C21H27N3O4/c25-20(15-27-18-4-2-1-3-5-18)24-11-8-16(14-24)6-7-19-22-21(28-23-19)17-9-12-26-13-10-17/h1-5,16-17H,6-15H2. The zero-order valence-corrected chi connectivity index (χ0v) is 16.1. The predicted molar refractivity (Wildman–Crippen MR) is 102 cm³/mol. The topological polar surface area (TPSA) is 77.7 Å². The van der Waals surface area contributed by atoms with Crippen molar-refractivity contribution < 1.29 is 18.8 Å². The van der Waals surface area contributed by atoms with Crippen LogP contribution in [-0.4, -0.2) is 53.9 Å². The summed E-state index contributed by atoms with van der Waals surface area (Å²) in [5.74, 6) is 3.11. The molecule has 7 heteroatoms. The third-order valence-electron chi connectivity index (χ3n) is 5.57. The summed E-state index contributed by atoms with van der Waals surface area (Å²) in [5.41, 5.74) is 0. The number of likely N-dealkylation sites (tertiary alicyclic amines) is 1. The van der Waals surface area contributed by atoms with Gasteiger partial charge in [-0.1, -0.05) is 23.4 Å². The smallest absolute Gasteiger partial charge is 0.260 e. The second-order valence-electron chi connectivity index (χ2n) is 7.57. The van der Waals surface area contributed by atoms with E-state index in [1.54, 1.807) is 0 Å². The molecule has 1 amide bonds. The van der Waals surface area contributed by atoms with Crippen LogP contribution in [0.15, 0.2) is 34.9 Å². The Labute approximate surface area is 165 Å². The Bertz CT molecular complexity index is 758. The highest BCUT2D eigenvalue weighted by atomic mass is 16.5. The van der Waals surface area contributed by atoms with Crippen molar-refractivity contribution in [1.82, 2.24) is 15.0 Å². The molecule has 1 aromatic heterocycles. The van der Waals surface area contributed by atoms with Gasteiger partial charge in [-0.25, -0.2) is 0 Å². The van der Waals surface area contributed by atoms with Crippen molar-refractivity contribution in [1.29, 1.82) is 0 Å². The molecule has 4 rings (SSSR count). The fraction of sp³-hybridized carbons (Fsp3) is 0.571. The van der Waals surface area contributed by atoms with Crippen molar-refractivity contribution in [3.63, 3.8) is 0 Å². The molecule has 2 aromatic rings. The van der Waals surface area contributed by atoms with Crippen LogP contribution in [-0.2, 0) is 16.0 Å². The zero-order valence-electron chi connectivity index (χ0n) is 16.1. The zero-order chi connectivity index (χ0) is 19.2. The molecule has 0 saturated carbocycles. The number of amides is 1. The second-order valence-corrected chi connectivity index (χ2v) is 7.57. The highest BCUT2D eigenvalue weighted by Crippen LogP contribution is 2.26. The summed E-state index contributed by atoms with van der Waals surface area (Å²) in [5, 5.41) is 4.14. The molecule has 0 radical (unpaired) electrons. The first kappa shape index (κ1) is 18.9. The summed E-state index contributed by atoms with van der Waals surface area (Å²) in [6.45, 7) is 3.20. The van der Waals surface area contributed by atoms with Crippen molar-refractivity contribution in [3.05, 3.63) is 42.0 Å². The molecule has 0 bridgehead atoms. The number of benzene rings is 1. The van der Waals surface area contributed by atoms with Gasteiger partial charge in [0, 0.05) is 38.6 Å². The largest absolute Gasteiger partial charge is 0.484 e. The van der Waals surface area contributed by atoms with Crippen LogP contribution in [0.1, 0.15) is 43.3 Å². The maximum atomic E-state index is 12.4. The van der Waals surface area contributed by atoms with Crippen LogP contribution in [0.3, 0.4) is 0 Å². The lowest BCUT2D eigenvalue weighted by molar-refractivity contribution is -0.132. The van der Waals surface area contributed by atoms with E-state index in [9.17, 15) is 4.79 Å². The van der Waals surface area contributed by atoms with Gasteiger partial charge in [-0.05, 0) is 43.7 Å². The summed E-state index contributed by atoms with van der Waals surface area (Å²) < 4.78 is 16.4. The van der Waals surface area contributed by atoms with E-state index in [0.717, 1.165) is 75.9 Å². The molecule has 2 fully saturated rings. The number of nitrogens with zero attached hydrogens (tertiary/aromatic N) is 3. The highest BCUT2D eigenvalue weighted by molar-refractivity contribution is 5.78. The molecule has 0 spiro atoms. The Hall–Kier alpha value is -2.41. The Morgan fingerprint density at radius 2 is 2.00 bits per heavy atom. The van der Waals surface area contributed by atoms with Crippen molar-refractivity contribution in [3.8, 4) is 5.75 Å². The number of aryl methyl sites for hydroxylation is 1. The highest BCUT2D eigenvalue weighted by Gasteiger charge is 2.27. The summed E-state index contributed by atoms with van der Waals surface area (Å²) in [6, 6.07) is 9.45. The van der Waals surface area contributed by atoms with Gasteiger partial charge < -0.3 is 18.9 Å². The Balaban J connectivity index is 1.19. The van der Waals surface area contributed by atoms with E-state index in [-0.39, 0.29) is 12.5 Å². The van der Waals surface area contributed by atoms with Crippen LogP contribution < -0.4 is 4.74 Å². The molecule has 150 valence electrons. The number of ether oxygens (including phenoxy) is 2. The van der Waals surface area contributed by atoms with Gasteiger partial charge in [0.15, 0.2) is 12.4 Å². The van der Waals surface area contributed by atoms with Crippen LogP contribution in [0.2, 0.25) is 0 Å². The van der Waals surface area contributed by atoms with E-state index in [2.05, 4.69) is 10.1 Å². The van der Waals surface area contributed by atoms with E-state index in [1.165, 1.54) is 0 Å². The average molecular weight is 385 g/mol. The maximum Gasteiger partial charge on any atom is 0.260 e. The molecule has 2 saturated heterocycles. The molecule has 0 aliphatic carbocycles. The quantitative estimate of drug-likeness (QED) is 0.729. The molecule has 2 aliphatic heterocycles. The van der Waals surface area contributed by atoms with Gasteiger partial charge in [0.05, 0.1) is 0 Å². The predicted octanol–water partition coefficient (Wildman–Crippen LogP) is 2.82. The van der Waals surface area contributed by atoms with Gasteiger partial charge in [-0.15, -0.1) is 0 Å². The molecule has 3 heterocycles. The number of carbonyl (C=O) groups is 1. The van der Waals surface area contributed by atoms with Crippen LogP contribution in [0.4, 0.5) is 0 Å². The van der Waals surface area contributed by atoms with Crippen molar-refractivity contribution in [2.45, 2.75) is 38.0 Å². The summed E-state index contributed by atoms with van der Waals surface area (Å²) in [7, 11) is 0. The average Bonchev–Trinajstić information content (AvgIpc) is 3.42. The summed E-state index contributed by atoms with van der Waals surface area (Å²) in [4.78, 5) is 18.8. The molecule has 1 atom stereocenters. The van der Waals surface area contributed by atoms with E-state index < -0.39 is 0 Å². The molecule has 1 aromatic carbocycles. The first-order valence-corrected chi connectivity index (χ1v) is 10.1. The van der Waals surface area contributed by atoms with Crippen LogP contribution in [0, 0.1) is 5.92 Å². The summed E-state index contributed by atoms with van der Waals surface area (Å²) in [6.07, 6.45) is 4.68. The number of hydrogen-bond acceptors (Lipinski definition) is 6. The van der Waals surface area contributed by atoms with Gasteiger partial charge in [0.1, 0.15) is 5.75 Å². The van der Waals surface area contributed by atoms with Gasteiger partial charge in [-0.2, -0.15) is 4.98 Å². The van der Waals surface area contributed by atoms with E-state index in [1.807, 2.05) is 35.2 Å². The Kier molecular flexibility index (Phi) is 6.21. The Morgan fingerprint density at radius 1 is 1.18 bits per heavy atom. The number of aromatic nitrogens is 2. The minimum absolute atomic E-state index is 0.0488.